The molecule has 6 nitrogen and oxygen atoms in total. The number of amidine groups is 1. The molecule has 0 aliphatic carbocycles. The van der Waals surface area contributed by atoms with Gasteiger partial charge in [0.25, 0.3) is 10.0 Å². The molecular formula is C10H17N3O3S2. The molecule has 0 saturated carbocycles. The molecule has 0 spiro atoms. The van der Waals surface area contributed by atoms with Crippen LogP contribution < -0.4 is 5.73 Å². The van der Waals surface area contributed by atoms with Crippen molar-refractivity contribution >= 4 is 27.2 Å². The summed E-state index contributed by atoms with van der Waals surface area (Å²) in [5.41, 5.74) is 5.31. The minimum absolute atomic E-state index is 0.0116. The second-order valence-corrected chi connectivity index (χ2v) is 7.18. The number of nitrogens with zero attached hydrogens (tertiary/aromatic N) is 2. The Kier molecular flexibility index (Phi) is 5.12. The quantitative estimate of drug-likeness (QED) is 0.354. The number of sulfonamides is 1. The van der Waals surface area contributed by atoms with Gasteiger partial charge in [0.15, 0.2) is 0 Å². The van der Waals surface area contributed by atoms with E-state index in [1.165, 1.54) is 22.7 Å². The van der Waals surface area contributed by atoms with Crippen LogP contribution in [0.1, 0.15) is 18.2 Å². The molecule has 0 aromatic carbocycles. The lowest BCUT2D eigenvalue weighted by Gasteiger charge is -2.15. The predicted molar refractivity (Wildman–Crippen MR) is 71.5 cm³/mol. The van der Waals surface area contributed by atoms with Gasteiger partial charge in [-0.25, -0.2) is 8.42 Å². The number of hydrogen-bond acceptors (Lipinski definition) is 5. The van der Waals surface area contributed by atoms with Gasteiger partial charge in [0.2, 0.25) is 0 Å². The molecule has 1 heterocycles. The highest BCUT2D eigenvalue weighted by Gasteiger charge is 2.22. The first-order valence-electron chi connectivity index (χ1n) is 5.43. The summed E-state index contributed by atoms with van der Waals surface area (Å²) in [6.45, 7) is 2.15. The van der Waals surface area contributed by atoms with Crippen molar-refractivity contribution in [2.45, 2.75) is 24.0 Å². The van der Waals surface area contributed by atoms with Gasteiger partial charge in [-0.05, 0) is 18.6 Å². The van der Waals surface area contributed by atoms with E-state index in [4.69, 9.17) is 10.9 Å². The van der Waals surface area contributed by atoms with Crippen LogP contribution in [0.4, 0.5) is 0 Å². The molecule has 0 aliphatic rings. The van der Waals surface area contributed by atoms with Crippen LogP contribution in [0, 0.1) is 0 Å². The minimum atomic E-state index is -3.47. The third kappa shape index (κ3) is 3.44. The van der Waals surface area contributed by atoms with E-state index in [0.717, 1.165) is 11.3 Å². The third-order valence-corrected chi connectivity index (χ3v) is 6.02. The third-order valence-electron chi connectivity index (χ3n) is 2.46. The van der Waals surface area contributed by atoms with Crippen LogP contribution in [0.5, 0.6) is 0 Å². The summed E-state index contributed by atoms with van der Waals surface area (Å²) < 4.78 is 25.8. The second-order valence-electron chi connectivity index (χ2n) is 3.74. The zero-order chi connectivity index (χ0) is 13.8. The SMILES string of the molecule is CCc1ccc(S(=O)(=O)N(C)CC/C(N)=N/O)s1. The first-order valence-corrected chi connectivity index (χ1v) is 7.69. The molecule has 18 heavy (non-hydrogen) atoms. The highest BCUT2D eigenvalue weighted by atomic mass is 32.2. The maximum Gasteiger partial charge on any atom is 0.252 e. The van der Waals surface area contributed by atoms with Crippen molar-refractivity contribution in [3.05, 3.63) is 17.0 Å². The van der Waals surface area contributed by atoms with E-state index >= 15 is 0 Å². The first-order chi connectivity index (χ1) is 8.41. The molecule has 1 aromatic heterocycles. The van der Waals surface area contributed by atoms with Crippen molar-refractivity contribution < 1.29 is 13.6 Å². The van der Waals surface area contributed by atoms with Crippen molar-refractivity contribution in [2.24, 2.45) is 10.9 Å². The van der Waals surface area contributed by atoms with Gasteiger partial charge in [0.1, 0.15) is 10.0 Å². The Hall–Kier alpha value is -1.12. The summed E-state index contributed by atoms with van der Waals surface area (Å²) in [7, 11) is -1.99. The summed E-state index contributed by atoms with van der Waals surface area (Å²) in [6, 6.07) is 3.42. The Morgan fingerprint density at radius 1 is 1.56 bits per heavy atom. The molecule has 102 valence electrons. The van der Waals surface area contributed by atoms with Gasteiger partial charge in [0.05, 0.1) is 0 Å². The Balaban J connectivity index is 2.79. The van der Waals surface area contributed by atoms with E-state index in [9.17, 15) is 8.42 Å². The first kappa shape index (κ1) is 14.9. The molecule has 0 atom stereocenters. The number of aryl methyl sites for hydroxylation is 1. The molecule has 0 radical (unpaired) electrons. The summed E-state index contributed by atoms with van der Waals surface area (Å²) in [4.78, 5) is 1.03. The van der Waals surface area contributed by atoms with Crippen LogP contribution in [0.3, 0.4) is 0 Å². The maximum atomic E-state index is 12.2. The lowest BCUT2D eigenvalue weighted by atomic mass is 10.4. The molecule has 1 aromatic rings. The molecule has 0 aliphatic heterocycles. The smallest absolute Gasteiger partial charge is 0.252 e. The fourth-order valence-electron chi connectivity index (χ4n) is 1.28. The molecule has 8 heteroatoms. The standard InChI is InChI=1S/C10H17N3O3S2/c1-3-8-4-5-10(17-8)18(15,16)13(2)7-6-9(11)12-14/h4-5,14H,3,6-7H2,1-2H3,(H2,11,12). The monoisotopic (exact) mass is 291 g/mol. The zero-order valence-electron chi connectivity index (χ0n) is 10.3. The molecule has 0 saturated heterocycles. The van der Waals surface area contributed by atoms with Gasteiger partial charge >= 0.3 is 0 Å². The van der Waals surface area contributed by atoms with Crippen molar-refractivity contribution in [1.29, 1.82) is 0 Å². The van der Waals surface area contributed by atoms with Crippen molar-refractivity contribution in [2.75, 3.05) is 13.6 Å². The average Bonchev–Trinajstić information content (AvgIpc) is 2.84. The van der Waals surface area contributed by atoms with Crippen LogP contribution in [-0.2, 0) is 16.4 Å². The Bertz CT molecular complexity index is 522. The van der Waals surface area contributed by atoms with Crippen LogP contribution >= 0.6 is 11.3 Å². The molecular weight excluding hydrogens is 274 g/mol. The molecule has 1 rings (SSSR count). The average molecular weight is 291 g/mol. The van der Waals surface area contributed by atoms with E-state index in [1.807, 2.05) is 13.0 Å². The van der Waals surface area contributed by atoms with E-state index in [-0.39, 0.29) is 18.8 Å². The van der Waals surface area contributed by atoms with Gasteiger partial charge in [0, 0.05) is 24.9 Å². The molecule has 3 N–H and O–H groups in total. The van der Waals surface area contributed by atoms with Gasteiger partial charge in [-0.15, -0.1) is 11.3 Å². The molecule has 0 amide bonds. The second kappa shape index (κ2) is 6.17. The summed E-state index contributed by atoms with van der Waals surface area (Å²) in [5.74, 6) is 0.0116. The topological polar surface area (TPSA) is 96.0 Å². The largest absolute Gasteiger partial charge is 0.409 e. The summed E-state index contributed by atoms with van der Waals surface area (Å²) in [6.07, 6.45) is 1.01. The van der Waals surface area contributed by atoms with Crippen LogP contribution in [0.25, 0.3) is 0 Å². The lowest BCUT2D eigenvalue weighted by Crippen LogP contribution is -2.30. The Morgan fingerprint density at radius 2 is 2.22 bits per heavy atom. The fraction of sp³-hybridized carbons (Fsp3) is 0.500. The van der Waals surface area contributed by atoms with Crippen molar-refractivity contribution in [1.82, 2.24) is 4.31 Å². The fourth-order valence-corrected chi connectivity index (χ4v) is 3.96. The van der Waals surface area contributed by atoms with Crippen LogP contribution in [0.2, 0.25) is 0 Å². The van der Waals surface area contributed by atoms with Crippen molar-refractivity contribution in [3.63, 3.8) is 0 Å². The van der Waals surface area contributed by atoms with Gasteiger partial charge in [-0.3, -0.25) is 0 Å². The number of thiophene rings is 1. The van der Waals surface area contributed by atoms with Crippen LogP contribution in [0.15, 0.2) is 21.5 Å². The van der Waals surface area contributed by atoms with E-state index < -0.39 is 10.0 Å². The van der Waals surface area contributed by atoms with Gasteiger partial charge < -0.3 is 10.9 Å². The molecule has 0 fully saturated rings. The number of oxime groups is 1. The zero-order valence-corrected chi connectivity index (χ0v) is 12.0. The maximum absolute atomic E-state index is 12.2. The Morgan fingerprint density at radius 3 is 2.72 bits per heavy atom. The lowest BCUT2D eigenvalue weighted by molar-refractivity contribution is 0.316. The summed E-state index contributed by atoms with van der Waals surface area (Å²) >= 11 is 1.27. The predicted octanol–water partition coefficient (Wildman–Crippen LogP) is 1.07. The molecule has 0 unspecified atom stereocenters. The highest BCUT2D eigenvalue weighted by Crippen LogP contribution is 2.24. The van der Waals surface area contributed by atoms with Gasteiger partial charge in [-0.2, -0.15) is 4.31 Å². The normalized spacial score (nSPS) is 13.2. The van der Waals surface area contributed by atoms with E-state index in [0.29, 0.717) is 4.21 Å². The number of rotatable bonds is 6. The van der Waals surface area contributed by atoms with Gasteiger partial charge in [-0.1, -0.05) is 12.1 Å². The van der Waals surface area contributed by atoms with Crippen molar-refractivity contribution in [3.8, 4) is 0 Å². The summed E-state index contributed by atoms with van der Waals surface area (Å²) in [5, 5.41) is 11.2. The number of nitrogens with two attached hydrogens (primary N) is 1. The van der Waals surface area contributed by atoms with E-state index in [1.54, 1.807) is 6.07 Å². The number of hydrogen-bond donors (Lipinski definition) is 2. The van der Waals surface area contributed by atoms with Crippen LogP contribution in [-0.4, -0.2) is 37.4 Å². The Labute approximate surface area is 111 Å². The molecule has 0 bridgehead atoms. The van der Waals surface area contributed by atoms with E-state index in [2.05, 4.69) is 5.16 Å². The highest BCUT2D eigenvalue weighted by molar-refractivity contribution is 7.91. The minimum Gasteiger partial charge on any atom is -0.409 e.